The number of ether oxygens (including phenoxy) is 2. The van der Waals surface area contributed by atoms with Crippen LogP contribution in [0, 0.1) is 0 Å². The lowest BCUT2D eigenvalue weighted by molar-refractivity contribution is -0.143. The van der Waals surface area contributed by atoms with E-state index in [1.54, 1.807) is 6.92 Å². The molecular formula is C13H19NO6. The van der Waals surface area contributed by atoms with Crippen LogP contribution in [0.4, 0.5) is 0 Å². The molecule has 112 valence electrons. The average Bonchev–Trinajstić information content (AvgIpc) is 2.91. The number of esters is 1. The van der Waals surface area contributed by atoms with Gasteiger partial charge in [-0.05, 0) is 26.2 Å². The van der Waals surface area contributed by atoms with Crippen molar-refractivity contribution >= 4 is 17.8 Å². The molecule has 0 unspecified atom stereocenters. The summed E-state index contributed by atoms with van der Waals surface area (Å²) in [6.07, 6.45) is 3.33. The van der Waals surface area contributed by atoms with Crippen LogP contribution in [-0.4, -0.2) is 48.3 Å². The Hall–Kier alpha value is -1.89. The van der Waals surface area contributed by atoms with E-state index >= 15 is 0 Å². The highest BCUT2D eigenvalue weighted by atomic mass is 16.5. The Balaban J connectivity index is 2.45. The Morgan fingerprint density at radius 1 is 1.50 bits per heavy atom. The van der Waals surface area contributed by atoms with Gasteiger partial charge >= 0.3 is 11.9 Å². The van der Waals surface area contributed by atoms with E-state index in [4.69, 9.17) is 9.84 Å². The third-order valence-electron chi connectivity index (χ3n) is 2.75. The molecule has 7 nitrogen and oxygen atoms in total. The molecule has 2 atom stereocenters. The number of amides is 1. The van der Waals surface area contributed by atoms with Crippen LogP contribution in [0.15, 0.2) is 12.2 Å². The molecule has 0 bridgehead atoms. The average molecular weight is 285 g/mol. The molecule has 0 aliphatic carbocycles. The number of carboxylic acid groups (broad SMARTS) is 1. The Morgan fingerprint density at radius 3 is 2.80 bits per heavy atom. The number of hydrogen-bond acceptors (Lipinski definition) is 5. The van der Waals surface area contributed by atoms with E-state index < -0.39 is 30.0 Å². The molecule has 2 N–H and O–H groups in total. The summed E-state index contributed by atoms with van der Waals surface area (Å²) in [5, 5.41) is 11.4. The number of aliphatic carboxylic acids is 1. The van der Waals surface area contributed by atoms with Crippen molar-refractivity contribution in [3.05, 3.63) is 12.2 Å². The minimum absolute atomic E-state index is 0.00656. The first-order valence-electron chi connectivity index (χ1n) is 6.52. The predicted octanol–water partition coefficient (Wildman–Crippen LogP) is 0.244. The minimum atomic E-state index is -1.16. The van der Waals surface area contributed by atoms with Crippen molar-refractivity contribution in [3.63, 3.8) is 0 Å². The lowest BCUT2D eigenvalue weighted by Gasteiger charge is -2.15. The normalized spacial score (nSPS) is 19.8. The standard InChI is InChI=1S/C13H19NO6/c1-2-19-11(15)7-3-5-9(13(17)18)14-12(16)10-6-4-8-20-10/h3,7,9-10H,2,4-6,8H2,1H3,(H,14,16)(H,17,18)/b7-3+/t9-,10-/m1/s1. The largest absolute Gasteiger partial charge is 0.480 e. The Morgan fingerprint density at radius 2 is 2.25 bits per heavy atom. The van der Waals surface area contributed by atoms with Gasteiger partial charge in [-0.25, -0.2) is 9.59 Å². The molecule has 0 aromatic rings. The maximum absolute atomic E-state index is 11.7. The zero-order chi connectivity index (χ0) is 15.0. The Bertz CT molecular complexity index is 386. The third-order valence-corrected chi connectivity index (χ3v) is 2.75. The van der Waals surface area contributed by atoms with E-state index in [1.165, 1.54) is 6.08 Å². The summed E-state index contributed by atoms with van der Waals surface area (Å²) in [5.74, 6) is -2.13. The maximum atomic E-state index is 11.7. The Kier molecular flexibility index (Phi) is 6.72. The molecule has 7 heteroatoms. The van der Waals surface area contributed by atoms with Crippen LogP contribution >= 0.6 is 0 Å². The second kappa shape index (κ2) is 8.31. The van der Waals surface area contributed by atoms with Crippen molar-refractivity contribution < 1.29 is 29.0 Å². The van der Waals surface area contributed by atoms with Crippen molar-refractivity contribution in [1.29, 1.82) is 0 Å². The van der Waals surface area contributed by atoms with Crippen molar-refractivity contribution in [2.24, 2.45) is 0 Å². The number of carbonyl (C=O) groups excluding carboxylic acids is 2. The number of carboxylic acids is 1. The van der Waals surface area contributed by atoms with Crippen molar-refractivity contribution in [2.45, 2.75) is 38.3 Å². The summed E-state index contributed by atoms with van der Waals surface area (Å²) in [6, 6.07) is -1.09. The van der Waals surface area contributed by atoms with E-state index in [9.17, 15) is 14.4 Å². The maximum Gasteiger partial charge on any atom is 0.330 e. The van der Waals surface area contributed by atoms with Gasteiger partial charge in [0, 0.05) is 12.7 Å². The number of nitrogens with one attached hydrogen (secondary N) is 1. The number of carbonyl (C=O) groups is 3. The fourth-order valence-corrected chi connectivity index (χ4v) is 1.76. The van der Waals surface area contributed by atoms with Gasteiger partial charge in [-0.1, -0.05) is 6.08 Å². The summed E-state index contributed by atoms with van der Waals surface area (Å²) in [7, 11) is 0. The van der Waals surface area contributed by atoms with Gasteiger partial charge in [0.15, 0.2) is 0 Å². The molecule has 0 aromatic carbocycles. The molecule has 0 saturated carbocycles. The molecule has 1 rings (SSSR count). The second-order valence-electron chi connectivity index (χ2n) is 4.29. The molecule has 1 fully saturated rings. The fourth-order valence-electron chi connectivity index (χ4n) is 1.76. The van der Waals surface area contributed by atoms with Gasteiger partial charge in [0.25, 0.3) is 0 Å². The fraction of sp³-hybridized carbons (Fsp3) is 0.615. The lowest BCUT2D eigenvalue weighted by Crippen LogP contribution is -2.45. The quantitative estimate of drug-likeness (QED) is 0.513. The van der Waals surface area contributed by atoms with E-state index in [1.807, 2.05) is 0 Å². The third kappa shape index (κ3) is 5.40. The van der Waals surface area contributed by atoms with Gasteiger partial charge in [0.2, 0.25) is 5.91 Å². The highest BCUT2D eigenvalue weighted by molar-refractivity contribution is 5.87. The zero-order valence-electron chi connectivity index (χ0n) is 11.3. The predicted molar refractivity (Wildman–Crippen MR) is 68.9 cm³/mol. The van der Waals surface area contributed by atoms with E-state index in [0.29, 0.717) is 13.0 Å². The summed E-state index contributed by atoms with van der Waals surface area (Å²) in [5.41, 5.74) is 0. The van der Waals surface area contributed by atoms with Gasteiger partial charge in [-0.15, -0.1) is 0 Å². The number of rotatable bonds is 7. The zero-order valence-corrected chi connectivity index (χ0v) is 11.3. The first-order chi connectivity index (χ1) is 9.54. The lowest BCUT2D eigenvalue weighted by atomic mass is 10.1. The molecule has 1 aliphatic heterocycles. The van der Waals surface area contributed by atoms with E-state index in [-0.39, 0.29) is 13.0 Å². The molecule has 0 spiro atoms. The summed E-state index contributed by atoms with van der Waals surface area (Å²) in [4.78, 5) is 33.9. The number of hydrogen-bond donors (Lipinski definition) is 2. The van der Waals surface area contributed by atoms with Crippen LogP contribution in [0.3, 0.4) is 0 Å². The summed E-state index contributed by atoms with van der Waals surface area (Å²) < 4.78 is 9.84. The van der Waals surface area contributed by atoms with Gasteiger partial charge in [0.1, 0.15) is 12.1 Å². The molecular weight excluding hydrogens is 266 g/mol. The van der Waals surface area contributed by atoms with Crippen LogP contribution in [0.5, 0.6) is 0 Å². The van der Waals surface area contributed by atoms with Crippen LogP contribution in [-0.2, 0) is 23.9 Å². The van der Waals surface area contributed by atoms with Gasteiger partial charge in [0.05, 0.1) is 6.61 Å². The summed E-state index contributed by atoms with van der Waals surface area (Å²) in [6.45, 7) is 2.44. The van der Waals surface area contributed by atoms with Crippen LogP contribution in [0.1, 0.15) is 26.2 Å². The van der Waals surface area contributed by atoms with E-state index in [2.05, 4.69) is 10.1 Å². The molecule has 1 saturated heterocycles. The second-order valence-corrected chi connectivity index (χ2v) is 4.29. The van der Waals surface area contributed by atoms with Crippen LogP contribution < -0.4 is 5.32 Å². The first kappa shape index (κ1) is 16.2. The molecule has 1 aliphatic rings. The molecule has 1 heterocycles. The smallest absolute Gasteiger partial charge is 0.330 e. The molecule has 0 aromatic heterocycles. The highest BCUT2D eigenvalue weighted by Gasteiger charge is 2.27. The molecule has 20 heavy (non-hydrogen) atoms. The van der Waals surface area contributed by atoms with Crippen LogP contribution in [0.25, 0.3) is 0 Å². The minimum Gasteiger partial charge on any atom is -0.480 e. The first-order valence-corrected chi connectivity index (χ1v) is 6.52. The van der Waals surface area contributed by atoms with Crippen molar-refractivity contribution in [1.82, 2.24) is 5.32 Å². The van der Waals surface area contributed by atoms with Gasteiger partial charge < -0.3 is 19.9 Å². The van der Waals surface area contributed by atoms with E-state index in [0.717, 1.165) is 12.5 Å². The molecule has 1 amide bonds. The highest BCUT2D eigenvalue weighted by Crippen LogP contribution is 2.12. The topological polar surface area (TPSA) is 102 Å². The SMILES string of the molecule is CCOC(=O)/C=C/C[C@@H](NC(=O)[C@H]1CCCO1)C(=O)O. The van der Waals surface area contributed by atoms with Crippen LogP contribution in [0.2, 0.25) is 0 Å². The molecule has 0 radical (unpaired) electrons. The monoisotopic (exact) mass is 285 g/mol. The van der Waals surface area contributed by atoms with Crippen molar-refractivity contribution in [2.75, 3.05) is 13.2 Å². The van der Waals surface area contributed by atoms with Crippen molar-refractivity contribution in [3.8, 4) is 0 Å². The summed E-state index contributed by atoms with van der Waals surface area (Å²) >= 11 is 0. The Labute approximate surface area is 116 Å². The van der Waals surface area contributed by atoms with Gasteiger partial charge in [-0.3, -0.25) is 4.79 Å². The van der Waals surface area contributed by atoms with Gasteiger partial charge in [-0.2, -0.15) is 0 Å².